The van der Waals surface area contributed by atoms with Gasteiger partial charge in [-0.15, -0.1) is 0 Å². The van der Waals surface area contributed by atoms with Gasteiger partial charge in [0, 0.05) is 17.7 Å². The lowest BCUT2D eigenvalue weighted by Gasteiger charge is -2.13. The number of rotatable bonds is 4. The van der Waals surface area contributed by atoms with Crippen LogP contribution >= 0.6 is 0 Å². The molecule has 0 bridgehead atoms. The zero-order chi connectivity index (χ0) is 11.4. The van der Waals surface area contributed by atoms with Gasteiger partial charge in [0.25, 0.3) is 0 Å². The van der Waals surface area contributed by atoms with Gasteiger partial charge < -0.3 is 0 Å². The Balaban J connectivity index is 2.92. The monoisotopic (exact) mass is 216 g/mol. The standard InChI is InChI=1S/C12H15F3/c1-3-4-5-8(2)12-10(14)6-9(13)7-11(12)15/h6-8H,3-5H2,1-2H3/t8-/m1/s1. The average molecular weight is 216 g/mol. The average Bonchev–Trinajstić information content (AvgIpc) is 2.12. The second-order valence-corrected chi connectivity index (χ2v) is 3.83. The maximum absolute atomic E-state index is 13.3. The Morgan fingerprint density at radius 1 is 1.13 bits per heavy atom. The predicted octanol–water partition coefficient (Wildman–Crippen LogP) is 4.40. The van der Waals surface area contributed by atoms with Crippen LogP contribution in [0.25, 0.3) is 0 Å². The molecule has 0 saturated carbocycles. The molecule has 0 aliphatic carbocycles. The number of hydrogen-bond donors (Lipinski definition) is 0. The Kier molecular flexibility index (Phi) is 4.18. The molecule has 0 radical (unpaired) electrons. The lowest BCUT2D eigenvalue weighted by atomic mass is 9.94. The minimum Gasteiger partial charge on any atom is -0.207 e. The molecule has 0 N–H and O–H groups in total. The normalized spacial score (nSPS) is 12.9. The van der Waals surface area contributed by atoms with Crippen LogP contribution < -0.4 is 0 Å². The fourth-order valence-corrected chi connectivity index (χ4v) is 1.68. The van der Waals surface area contributed by atoms with Gasteiger partial charge in [-0.1, -0.05) is 26.7 Å². The summed E-state index contributed by atoms with van der Waals surface area (Å²) in [5.41, 5.74) is 0.00449. The molecule has 3 heteroatoms. The van der Waals surface area contributed by atoms with Crippen LogP contribution in [0.3, 0.4) is 0 Å². The van der Waals surface area contributed by atoms with Crippen LogP contribution in [0.5, 0.6) is 0 Å². The van der Waals surface area contributed by atoms with Crippen molar-refractivity contribution in [3.8, 4) is 0 Å². The van der Waals surface area contributed by atoms with Gasteiger partial charge in [-0.05, 0) is 12.3 Å². The van der Waals surface area contributed by atoms with E-state index in [1.807, 2.05) is 6.92 Å². The minimum absolute atomic E-state index is 0.00449. The largest absolute Gasteiger partial charge is 0.207 e. The van der Waals surface area contributed by atoms with Gasteiger partial charge in [0.15, 0.2) is 0 Å². The summed E-state index contributed by atoms with van der Waals surface area (Å²) in [6.45, 7) is 3.78. The quantitative estimate of drug-likeness (QED) is 0.699. The Labute approximate surface area is 88.1 Å². The molecule has 1 atom stereocenters. The van der Waals surface area contributed by atoms with E-state index in [-0.39, 0.29) is 11.5 Å². The van der Waals surface area contributed by atoms with E-state index in [2.05, 4.69) is 0 Å². The first-order chi connectivity index (χ1) is 7.06. The number of halogens is 3. The third-order valence-electron chi connectivity index (χ3n) is 2.53. The highest BCUT2D eigenvalue weighted by Gasteiger charge is 2.17. The number of hydrogen-bond acceptors (Lipinski definition) is 0. The summed E-state index contributed by atoms with van der Waals surface area (Å²) < 4.78 is 39.3. The maximum atomic E-state index is 13.3. The highest BCUT2D eigenvalue weighted by atomic mass is 19.1. The first kappa shape index (κ1) is 12.1. The summed E-state index contributed by atoms with van der Waals surface area (Å²) in [7, 11) is 0. The fraction of sp³-hybridized carbons (Fsp3) is 0.500. The summed E-state index contributed by atoms with van der Waals surface area (Å²) in [5.74, 6) is -2.63. The number of benzene rings is 1. The van der Waals surface area contributed by atoms with Crippen molar-refractivity contribution in [2.24, 2.45) is 0 Å². The summed E-state index contributed by atoms with van der Waals surface area (Å²) in [5, 5.41) is 0. The van der Waals surface area contributed by atoms with Crippen LogP contribution in [0, 0.1) is 17.5 Å². The second-order valence-electron chi connectivity index (χ2n) is 3.83. The highest BCUT2D eigenvalue weighted by Crippen LogP contribution is 2.27. The van der Waals surface area contributed by atoms with Gasteiger partial charge in [0.1, 0.15) is 17.5 Å². The van der Waals surface area contributed by atoms with Gasteiger partial charge >= 0.3 is 0 Å². The molecular weight excluding hydrogens is 201 g/mol. The number of unbranched alkanes of at least 4 members (excludes halogenated alkanes) is 1. The smallest absolute Gasteiger partial charge is 0.132 e. The molecule has 15 heavy (non-hydrogen) atoms. The van der Waals surface area contributed by atoms with Crippen molar-refractivity contribution in [3.63, 3.8) is 0 Å². The molecule has 0 amide bonds. The van der Waals surface area contributed by atoms with E-state index in [4.69, 9.17) is 0 Å². The molecule has 84 valence electrons. The van der Waals surface area contributed by atoms with Gasteiger partial charge in [-0.2, -0.15) is 0 Å². The van der Waals surface area contributed by atoms with E-state index in [9.17, 15) is 13.2 Å². The molecule has 0 aliphatic heterocycles. The van der Waals surface area contributed by atoms with Crippen molar-refractivity contribution in [2.75, 3.05) is 0 Å². The van der Waals surface area contributed by atoms with Crippen LogP contribution in [0.15, 0.2) is 12.1 Å². The van der Waals surface area contributed by atoms with E-state index in [1.54, 1.807) is 6.92 Å². The molecule has 1 aromatic carbocycles. The third-order valence-corrected chi connectivity index (χ3v) is 2.53. The predicted molar refractivity (Wildman–Crippen MR) is 54.3 cm³/mol. The van der Waals surface area contributed by atoms with Gasteiger partial charge in [-0.3, -0.25) is 0 Å². The van der Waals surface area contributed by atoms with Crippen LogP contribution in [-0.4, -0.2) is 0 Å². The summed E-state index contributed by atoms with van der Waals surface area (Å²) in [4.78, 5) is 0. The molecule has 0 aliphatic rings. The highest BCUT2D eigenvalue weighted by molar-refractivity contribution is 5.24. The van der Waals surface area contributed by atoms with Crippen LogP contribution in [0.1, 0.15) is 44.6 Å². The van der Waals surface area contributed by atoms with E-state index in [0.717, 1.165) is 31.4 Å². The summed E-state index contributed by atoms with van der Waals surface area (Å²) in [6, 6.07) is 1.47. The zero-order valence-corrected chi connectivity index (χ0v) is 8.99. The Bertz CT molecular complexity index is 311. The lowest BCUT2D eigenvalue weighted by Crippen LogP contribution is -2.02. The van der Waals surface area contributed by atoms with Crippen molar-refractivity contribution in [2.45, 2.75) is 39.0 Å². The minimum atomic E-state index is -0.864. The van der Waals surface area contributed by atoms with Crippen molar-refractivity contribution in [3.05, 3.63) is 35.1 Å². The van der Waals surface area contributed by atoms with E-state index in [1.165, 1.54) is 0 Å². The van der Waals surface area contributed by atoms with E-state index >= 15 is 0 Å². The molecule has 0 fully saturated rings. The first-order valence-corrected chi connectivity index (χ1v) is 5.20. The Hall–Kier alpha value is -0.990. The molecule has 0 heterocycles. The van der Waals surface area contributed by atoms with Gasteiger partial charge in [0.05, 0.1) is 0 Å². The topological polar surface area (TPSA) is 0 Å². The van der Waals surface area contributed by atoms with E-state index in [0.29, 0.717) is 0 Å². The van der Waals surface area contributed by atoms with Crippen LogP contribution in [0.4, 0.5) is 13.2 Å². The Morgan fingerprint density at radius 3 is 2.13 bits per heavy atom. The molecule has 0 spiro atoms. The molecule has 0 unspecified atom stereocenters. The van der Waals surface area contributed by atoms with Gasteiger partial charge in [-0.25, -0.2) is 13.2 Å². The lowest BCUT2D eigenvalue weighted by molar-refractivity contribution is 0.493. The van der Waals surface area contributed by atoms with Crippen molar-refractivity contribution in [1.82, 2.24) is 0 Å². The molecule has 0 saturated heterocycles. The molecule has 1 aromatic rings. The molecule has 0 nitrogen and oxygen atoms in total. The van der Waals surface area contributed by atoms with Crippen LogP contribution in [0.2, 0.25) is 0 Å². The maximum Gasteiger partial charge on any atom is 0.132 e. The van der Waals surface area contributed by atoms with Crippen molar-refractivity contribution >= 4 is 0 Å². The van der Waals surface area contributed by atoms with Crippen LogP contribution in [-0.2, 0) is 0 Å². The third kappa shape index (κ3) is 2.98. The van der Waals surface area contributed by atoms with Crippen molar-refractivity contribution < 1.29 is 13.2 Å². The SMILES string of the molecule is CCCC[C@@H](C)c1c(F)cc(F)cc1F. The Morgan fingerprint density at radius 2 is 1.67 bits per heavy atom. The molecular formula is C12H15F3. The summed E-state index contributed by atoms with van der Waals surface area (Å²) >= 11 is 0. The zero-order valence-electron chi connectivity index (χ0n) is 8.99. The summed E-state index contributed by atoms with van der Waals surface area (Å²) in [6.07, 6.45) is 2.61. The molecule has 1 rings (SSSR count). The van der Waals surface area contributed by atoms with Gasteiger partial charge in [0.2, 0.25) is 0 Å². The first-order valence-electron chi connectivity index (χ1n) is 5.20. The fourth-order valence-electron chi connectivity index (χ4n) is 1.68. The van der Waals surface area contributed by atoms with Crippen molar-refractivity contribution in [1.29, 1.82) is 0 Å². The second kappa shape index (κ2) is 5.19. The molecule has 0 aromatic heterocycles. The van der Waals surface area contributed by atoms with E-state index < -0.39 is 17.5 Å².